The summed E-state index contributed by atoms with van der Waals surface area (Å²) in [6, 6.07) is 12.4. The predicted molar refractivity (Wildman–Crippen MR) is 167 cm³/mol. The monoisotopic (exact) mass is 581 g/mol. The number of hydrogen-bond acceptors (Lipinski definition) is 5. The first-order chi connectivity index (χ1) is 19.9. The van der Waals surface area contributed by atoms with Crippen LogP contribution in [0.2, 0.25) is 0 Å². The SMILES string of the molecule is CCCCCCN(C(=O)C(Cc1ccc(O)cc1)NC(=O)OC(C)(C)C)C(C(=O)NCCCCC)c1ccc(C)cc1. The Hall–Kier alpha value is -3.55. The lowest BCUT2D eigenvalue weighted by Gasteiger charge is -2.35. The van der Waals surface area contributed by atoms with Gasteiger partial charge in [0.15, 0.2) is 0 Å². The average molecular weight is 582 g/mol. The van der Waals surface area contributed by atoms with Gasteiger partial charge in [0.1, 0.15) is 23.4 Å². The minimum atomic E-state index is -0.989. The van der Waals surface area contributed by atoms with Crippen LogP contribution in [-0.2, 0) is 20.7 Å². The molecule has 2 atom stereocenters. The quantitative estimate of drug-likeness (QED) is 0.194. The number of alkyl carbamates (subject to hydrolysis) is 1. The number of phenols is 1. The summed E-state index contributed by atoms with van der Waals surface area (Å²) in [4.78, 5) is 42.8. The molecule has 0 bridgehead atoms. The van der Waals surface area contributed by atoms with Gasteiger partial charge < -0.3 is 25.4 Å². The largest absolute Gasteiger partial charge is 0.508 e. The zero-order valence-corrected chi connectivity index (χ0v) is 26.4. The van der Waals surface area contributed by atoms with Gasteiger partial charge in [-0.1, -0.05) is 87.9 Å². The molecular formula is C34H51N3O5. The molecule has 0 fully saturated rings. The van der Waals surface area contributed by atoms with E-state index in [4.69, 9.17) is 4.74 Å². The van der Waals surface area contributed by atoms with E-state index < -0.39 is 23.8 Å². The first kappa shape index (κ1) is 34.7. The van der Waals surface area contributed by atoms with Crippen LogP contribution in [0.4, 0.5) is 4.79 Å². The molecule has 0 aliphatic rings. The lowest BCUT2D eigenvalue weighted by molar-refractivity contribution is -0.142. The van der Waals surface area contributed by atoms with Crippen LogP contribution >= 0.6 is 0 Å². The fraction of sp³-hybridized carbons (Fsp3) is 0.559. The molecule has 0 saturated heterocycles. The van der Waals surface area contributed by atoms with Gasteiger partial charge in [0.05, 0.1) is 0 Å². The van der Waals surface area contributed by atoms with Crippen LogP contribution in [0.25, 0.3) is 0 Å². The van der Waals surface area contributed by atoms with E-state index in [1.54, 1.807) is 49.9 Å². The van der Waals surface area contributed by atoms with Crippen molar-refractivity contribution in [1.29, 1.82) is 0 Å². The maximum absolute atomic E-state index is 14.5. The van der Waals surface area contributed by atoms with Crippen molar-refractivity contribution in [1.82, 2.24) is 15.5 Å². The standard InChI is InChI=1S/C34H51N3O5/c1-7-9-11-13-23-37(30(27-18-14-25(3)15-19-27)31(39)35-22-12-10-8-2)32(40)29(36-33(41)42-34(4,5)6)24-26-16-20-28(38)21-17-26/h14-21,29-30,38H,7-13,22-24H2,1-6H3,(H,35,39)(H,36,41). The Morgan fingerprint density at radius 1 is 0.881 bits per heavy atom. The van der Waals surface area contributed by atoms with Crippen molar-refractivity contribution in [2.45, 2.75) is 111 Å². The van der Waals surface area contributed by atoms with E-state index in [9.17, 15) is 19.5 Å². The first-order valence-electron chi connectivity index (χ1n) is 15.4. The molecule has 0 radical (unpaired) electrons. The van der Waals surface area contributed by atoms with Gasteiger partial charge in [0, 0.05) is 19.5 Å². The van der Waals surface area contributed by atoms with Crippen LogP contribution in [0.15, 0.2) is 48.5 Å². The van der Waals surface area contributed by atoms with Gasteiger partial charge >= 0.3 is 6.09 Å². The van der Waals surface area contributed by atoms with Crippen molar-refractivity contribution < 1.29 is 24.2 Å². The van der Waals surface area contributed by atoms with Crippen LogP contribution in [0.3, 0.4) is 0 Å². The Balaban J connectivity index is 2.51. The molecule has 0 aliphatic carbocycles. The molecule has 0 aliphatic heterocycles. The number of carbonyl (C=O) groups is 3. The lowest BCUT2D eigenvalue weighted by atomic mass is 9.99. The van der Waals surface area contributed by atoms with Crippen LogP contribution < -0.4 is 10.6 Å². The van der Waals surface area contributed by atoms with Crippen molar-refractivity contribution in [2.75, 3.05) is 13.1 Å². The molecule has 2 rings (SSSR count). The number of benzene rings is 2. The van der Waals surface area contributed by atoms with Crippen molar-refractivity contribution in [3.05, 3.63) is 65.2 Å². The summed E-state index contributed by atoms with van der Waals surface area (Å²) in [5.74, 6) is -0.488. The normalized spacial score (nSPS) is 12.7. The number of ether oxygens (including phenoxy) is 1. The zero-order valence-electron chi connectivity index (χ0n) is 26.4. The third-order valence-corrected chi connectivity index (χ3v) is 6.93. The summed E-state index contributed by atoms with van der Waals surface area (Å²) in [6.07, 6.45) is 6.06. The summed E-state index contributed by atoms with van der Waals surface area (Å²) in [7, 11) is 0. The van der Waals surface area contributed by atoms with Gasteiger partial charge in [-0.05, 0) is 63.8 Å². The van der Waals surface area contributed by atoms with Crippen LogP contribution in [0.1, 0.15) is 102 Å². The molecule has 0 aromatic heterocycles. The molecule has 8 heteroatoms. The van der Waals surface area contributed by atoms with E-state index in [2.05, 4.69) is 24.5 Å². The molecule has 2 aromatic rings. The smallest absolute Gasteiger partial charge is 0.408 e. The number of amides is 3. The van der Waals surface area contributed by atoms with E-state index in [0.717, 1.165) is 61.6 Å². The molecule has 8 nitrogen and oxygen atoms in total. The summed E-state index contributed by atoms with van der Waals surface area (Å²) < 4.78 is 5.51. The highest BCUT2D eigenvalue weighted by Crippen LogP contribution is 2.25. The Labute approximate surface area is 252 Å². The van der Waals surface area contributed by atoms with Crippen LogP contribution in [-0.4, -0.2) is 52.6 Å². The van der Waals surface area contributed by atoms with Gasteiger partial charge in [0.25, 0.3) is 0 Å². The van der Waals surface area contributed by atoms with Gasteiger partial charge in [-0.3, -0.25) is 9.59 Å². The second kappa shape index (κ2) is 17.4. The van der Waals surface area contributed by atoms with Crippen LogP contribution in [0.5, 0.6) is 5.75 Å². The second-order valence-electron chi connectivity index (χ2n) is 12.0. The molecule has 232 valence electrons. The topological polar surface area (TPSA) is 108 Å². The molecule has 0 saturated carbocycles. The van der Waals surface area contributed by atoms with E-state index in [1.807, 2.05) is 31.2 Å². The maximum Gasteiger partial charge on any atom is 0.408 e. The molecule has 42 heavy (non-hydrogen) atoms. The highest BCUT2D eigenvalue weighted by atomic mass is 16.6. The Morgan fingerprint density at radius 3 is 2.10 bits per heavy atom. The second-order valence-corrected chi connectivity index (χ2v) is 12.0. The summed E-state index contributed by atoms with van der Waals surface area (Å²) >= 11 is 0. The molecule has 3 N–H and O–H groups in total. The highest BCUT2D eigenvalue weighted by Gasteiger charge is 2.36. The lowest BCUT2D eigenvalue weighted by Crippen LogP contribution is -2.54. The third-order valence-electron chi connectivity index (χ3n) is 6.93. The number of nitrogens with zero attached hydrogens (tertiary/aromatic N) is 1. The minimum absolute atomic E-state index is 0.110. The minimum Gasteiger partial charge on any atom is -0.508 e. The van der Waals surface area contributed by atoms with Gasteiger partial charge in [-0.15, -0.1) is 0 Å². The Morgan fingerprint density at radius 2 is 1.50 bits per heavy atom. The van der Waals surface area contributed by atoms with E-state index in [-0.39, 0.29) is 24.0 Å². The molecule has 2 unspecified atom stereocenters. The van der Waals surface area contributed by atoms with E-state index in [1.165, 1.54) is 0 Å². The number of phenolic OH excluding ortho intramolecular Hbond substituents is 1. The molecule has 0 spiro atoms. The van der Waals surface area contributed by atoms with E-state index >= 15 is 0 Å². The summed E-state index contributed by atoms with van der Waals surface area (Å²) in [5.41, 5.74) is 1.78. The fourth-order valence-electron chi connectivity index (χ4n) is 4.70. The van der Waals surface area contributed by atoms with Gasteiger partial charge in [-0.25, -0.2) is 4.79 Å². The van der Waals surface area contributed by atoms with Crippen molar-refractivity contribution in [2.24, 2.45) is 0 Å². The van der Waals surface area contributed by atoms with Crippen molar-refractivity contribution in [3.8, 4) is 5.75 Å². The van der Waals surface area contributed by atoms with Crippen LogP contribution in [0, 0.1) is 6.92 Å². The molecule has 3 amide bonds. The number of carbonyl (C=O) groups excluding carboxylic acids is 3. The number of nitrogens with one attached hydrogen (secondary N) is 2. The molecule has 2 aromatic carbocycles. The maximum atomic E-state index is 14.5. The van der Waals surface area contributed by atoms with Gasteiger partial charge in [0.2, 0.25) is 11.8 Å². The zero-order chi connectivity index (χ0) is 31.1. The molecular weight excluding hydrogens is 530 g/mol. The Kier molecular flexibility index (Phi) is 14.4. The summed E-state index contributed by atoms with van der Waals surface area (Å²) in [5, 5.41) is 15.6. The number of aromatic hydroxyl groups is 1. The number of unbranched alkanes of at least 4 members (excludes halogenated alkanes) is 5. The number of aryl methyl sites for hydroxylation is 1. The third kappa shape index (κ3) is 12.1. The first-order valence-corrected chi connectivity index (χ1v) is 15.4. The summed E-state index contributed by atoms with van der Waals surface area (Å²) in [6.45, 7) is 12.4. The van der Waals surface area contributed by atoms with E-state index in [0.29, 0.717) is 13.1 Å². The number of hydrogen-bond donors (Lipinski definition) is 3. The van der Waals surface area contributed by atoms with Crippen molar-refractivity contribution >= 4 is 17.9 Å². The highest BCUT2D eigenvalue weighted by molar-refractivity contribution is 5.92. The average Bonchev–Trinajstić information content (AvgIpc) is 2.93. The fourth-order valence-corrected chi connectivity index (χ4v) is 4.70. The Bertz CT molecular complexity index is 1110. The van der Waals surface area contributed by atoms with Crippen molar-refractivity contribution in [3.63, 3.8) is 0 Å². The van der Waals surface area contributed by atoms with Gasteiger partial charge in [-0.2, -0.15) is 0 Å². The number of rotatable bonds is 16. The molecule has 0 heterocycles. The predicted octanol–water partition coefficient (Wildman–Crippen LogP) is 6.59.